The van der Waals surface area contributed by atoms with Gasteiger partial charge in [0.05, 0.1) is 16.8 Å². The monoisotopic (exact) mass is 672 g/mol. The summed E-state index contributed by atoms with van der Waals surface area (Å²) in [5.74, 6) is 0.715. The molecular formula is C51H32N2. The molecule has 2 nitrogen and oxygen atoms in total. The van der Waals surface area contributed by atoms with E-state index in [1.807, 2.05) is 24.3 Å². The third-order valence-corrected chi connectivity index (χ3v) is 11.3. The molecule has 0 atom stereocenters. The molecule has 0 N–H and O–H groups in total. The van der Waals surface area contributed by atoms with Gasteiger partial charge in [0.2, 0.25) is 0 Å². The molecule has 2 aliphatic rings. The molecule has 0 radical (unpaired) electrons. The van der Waals surface area contributed by atoms with E-state index in [-0.39, 0.29) is 0 Å². The molecule has 0 aliphatic heterocycles. The SMILES string of the molecule is c1ccc(-c2cc(-c3cc(-c4ccc5c(c4)C4(c6ccccc6-c6ccccc64)c4ccccc4-5)c4ccccc4c3)nc(-c3ccccc3)n2)cc1. The zero-order chi connectivity index (χ0) is 34.9. The Morgan fingerprint density at radius 3 is 1.45 bits per heavy atom. The van der Waals surface area contributed by atoms with Crippen molar-refractivity contribution in [1.82, 2.24) is 9.97 Å². The van der Waals surface area contributed by atoms with Crippen LogP contribution >= 0.6 is 0 Å². The van der Waals surface area contributed by atoms with Crippen molar-refractivity contribution in [3.8, 4) is 67.3 Å². The van der Waals surface area contributed by atoms with Crippen LogP contribution in [0.15, 0.2) is 194 Å². The Balaban J connectivity index is 1.16. The fourth-order valence-electron chi connectivity index (χ4n) is 9.03. The second-order valence-corrected chi connectivity index (χ2v) is 14.1. The van der Waals surface area contributed by atoms with Crippen LogP contribution in [0.3, 0.4) is 0 Å². The lowest BCUT2D eigenvalue weighted by molar-refractivity contribution is 0.794. The first-order chi connectivity index (χ1) is 26.3. The summed E-state index contributed by atoms with van der Waals surface area (Å²) in [6, 6.07) is 70.3. The molecule has 8 aromatic carbocycles. The van der Waals surface area contributed by atoms with E-state index in [0.717, 1.165) is 28.1 Å². The van der Waals surface area contributed by atoms with Crippen LogP contribution in [-0.4, -0.2) is 9.97 Å². The quantitative estimate of drug-likeness (QED) is 0.186. The number of rotatable bonds is 4. The number of nitrogens with zero attached hydrogens (tertiary/aromatic N) is 2. The molecule has 1 heterocycles. The van der Waals surface area contributed by atoms with Crippen molar-refractivity contribution in [2.45, 2.75) is 5.41 Å². The minimum absolute atomic E-state index is 0.398. The highest BCUT2D eigenvalue weighted by Gasteiger charge is 2.51. The molecule has 1 spiro atoms. The van der Waals surface area contributed by atoms with Crippen molar-refractivity contribution in [2.75, 3.05) is 0 Å². The maximum absolute atomic E-state index is 5.22. The van der Waals surface area contributed by atoms with E-state index in [1.54, 1.807) is 0 Å². The number of hydrogen-bond acceptors (Lipinski definition) is 2. The Bertz CT molecular complexity index is 2770. The van der Waals surface area contributed by atoms with E-state index in [4.69, 9.17) is 9.97 Å². The maximum atomic E-state index is 5.22. The predicted molar refractivity (Wildman–Crippen MR) is 218 cm³/mol. The third kappa shape index (κ3) is 4.39. The lowest BCUT2D eigenvalue weighted by atomic mass is 9.70. The summed E-state index contributed by atoms with van der Waals surface area (Å²) in [6.07, 6.45) is 0. The van der Waals surface area contributed by atoms with Crippen molar-refractivity contribution in [3.05, 3.63) is 216 Å². The smallest absolute Gasteiger partial charge is 0.160 e. The van der Waals surface area contributed by atoms with Gasteiger partial charge in [0.25, 0.3) is 0 Å². The average Bonchev–Trinajstić information content (AvgIpc) is 3.71. The number of fused-ring (bicyclic) bond motifs is 11. The van der Waals surface area contributed by atoms with Gasteiger partial charge in [-0.1, -0.05) is 170 Å². The summed E-state index contributed by atoms with van der Waals surface area (Å²) in [7, 11) is 0. The average molecular weight is 673 g/mol. The molecule has 9 aromatic rings. The van der Waals surface area contributed by atoms with Gasteiger partial charge in [0.15, 0.2) is 5.82 Å². The van der Waals surface area contributed by atoms with Crippen LogP contribution in [0.1, 0.15) is 22.3 Å². The van der Waals surface area contributed by atoms with Crippen LogP contribution in [0.25, 0.3) is 78.1 Å². The number of aromatic nitrogens is 2. The summed E-state index contributed by atoms with van der Waals surface area (Å²) in [5.41, 5.74) is 17.5. The number of hydrogen-bond donors (Lipinski definition) is 0. The fraction of sp³-hybridized carbons (Fsp3) is 0.0196. The van der Waals surface area contributed by atoms with Crippen LogP contribution in [0.5, 0.6) is 0 Å². The van der Waals surface area contributed by atoms with Gasteiger partial charge in [0.1, 0.15) is 0 Å². The molecular weight excluding hydrogens is 641 g/mol. The van der Waals surface area contributed by atoms with Crippen molar-refractivity contribution < 1.29 is 0 Å². The van der Waals surface area contributed by atoms with Gasteiger partial charge < -0.3 is 0 Å². The van der Waals surface area contributed by atoms with E-state index in [1.165, 1.54) is 66.4 Å². The molecule has 1 aromatic heterocycles. The van der Waals surface area contributed by atoms with Crippen LogP contribution in [0.2, 0.25) is 0 Å². The molecule has 0 saturated heterocycles. The molecule has 2 aliphatic carbocycles. The fourth-order valence-corrected chi connectivity index (χ4v) is 9.03. The zero-order valence-electron chi connectivity index (χ0n) is 28.9. The highest BCUT2D eigenvalue weighted by Crippen LogP contribution is 2.63. The highest BCUT2D eigenvalue weighted by molar-refractivity contribution is 6.02. The van der Waals surface area contributed by atoms with Gasteiger partial charge in [-0.05, 0) is 90.7 Å². The van der Waals surface area contributed by atoms with Gasteiger partial charge in [-0.2, -0.15) is 0 Å². The first kappa shape index (κ1) is 29.8. The maximum Gasteiger partial charge on any atom is 0.160 e. The number of benzene rings is 8. The molecule has 0 bridgehead atoms. The zero-order valence-corrected chi connectivity index (χ0v) is 28.9. The van der Waals surface area contributed by atoms with Crippen molar-refractivity contribution in [2.24, 2.45) is 0 Å². The lowest BCUT2D eigenvalue weighted by Crippen LogP contribution is -2.25. The first-order valence-electron chi connectivity index (χ1n) is 18.2. The summed E-state index contributed by atoms with van der Waals surface area (Å²) in [4.78, 5) is 10.3. The molecule has 0 unspecified atom stereocenters. The van der Waals surface area contributed by atoms with Crippen molar-refractivity contribution in [1.29, 1.82) is 0 Å². The lowest BCUT2D eigenvalue weighted by Gasteiger charge is -2.30. The molecule has 2 heteroatoms. The van der Waals surface area contributed by atoms with Gasteiger partial charge in [-0.15, -0.1) is 0 Å². The highest BCUT2D eigenvalue weighted by atomic mass is 14.9. The molecule has 0 amide bonds. The van der Waals surface area contributed by atoms with Gasteiger partial charge in [-0.25, -0.2) is 9.97 Å². The molecule has 0 fully saturated rings. The second kappa shape index (κ2) is 11.6. The Morgan fingerprint density at radius 2 is 0.811 bits per heavy atom. The van der Waals surface area contributed by atoms with Crippen molar-refractivity contribution in [3.63, 3.8) is 0 Å². The normalized spacial score (nSPS) is 13.1. The first-order valence-corrected chi connectivity index (χ1v) is 18.2. The largest absolute Gasteiger partial charge is 0.228 e. The molecule has 11 rings (SSSR count). The van der Waals surface area contributed by atoms with Crippen LogP contribution in [-0.2, 0) is 5.41 Å². The summed E-state index contributed by atoms with van der Waals surface area (Å²) in [5, 5.41) is 2.39. The Kier molecular flexibility index (Phi) is 6.50. The van der Waals surface area contributed by atoms with E-state index in [2.05, 4.69) is 170 Å². The standard InChI is InChI=1S/C51H32N2/c1-3-15-33(16-4-1)48-32-49(53-50(52-48)34-17-5-2-6-18-34)37-29-35-19-7-8-20-38(35)43(30-37)36-27-28-42-41-23-11-14-26-46(41)51(47(42)31-36)44-24-12-9-21-39(44)40-22-10-13-25-45(40)51/h1-32H. The molecule has 0 saturated carbocycles. The Hall–Kier alpha value is -6.90. The minimum Gasteiger partial charge on any atom is -0.228 e. The minimum atomic E-state index is -0.398. The van der Waals surface area contributed by atoms with Gasteiger partial charge in [-0.3, -0.25) is 0 Å². The van der Waals surface area contributed by atoms with Crippen LogP contribution in [0.4, 0.5) is 0 Å². The summed E-state index contributed by atoms with van der Waals surface area (Å²) < 4.78 is 0. The topological polar surface area (TPSA) is 25.8 Å². The third-order valence-electron chi connectivity index (χ3n) is 11.3. The summed E-state index contributed by atoms with van der Waals surface area (Å²) >= 11 is 0. The second-order valence-electron chi connectivity index (χ2n) is 14.1. The van der Waals surface area contributed by atoms with E-state index >= 15 is 0 Å². The predicted octanol–water partition coefficient (Wildman–Crippen LogP) is 12.6. The Labute approximate surface area is 308 Å². The molecule has 53 heavy (non-hydrogen) atoms. The van der Waals surface area contributed by atoms with E-state index in [9.17, 15) is 0 Å². The Morgan fingerprint density at radius 1 is 0.302 bits per heavy atom. The van der Waals surface area contributed by atoms with Gasteiger partial charge in [0, 0.05) is 16.7 Å². The van der Waals surface area contributed by atoms with E-state index in [0.29, 0.717) is 5.82 Å². The summed E-state index contributed by atoms with van der Waals surface area (Å²) in [6.45, 7) is 0. The van der Waals surface area contributed by atoms with Crippen LogP contribution < -0.4 is 0 Å². The van der Waals surface area contributed by atoms with Crippen molar-refractivity contribution >= 4 is 10.8 Å². The van der Waals surface area contributed by atoms with Gasteiger partial charge >= 0.3 is 0 Å². The van der Waals surface area contributed by atoms with Crippen LogP contribution in [0, 0.1) is 0 Å². The molecule has 246 valence electrons. The van der Waals surface area contributed by atoms with E-state index < -0.39 is 5.41 Å².